The molecule has 4 nitrogen and oxygen atoms in total. The number of para-hydroxylation sites is 1. The van der Waals surface area contributed by atoms with Gasteiger partial charge in [-0.2, -0.15) is 0 Å². The Bertz CT molecular complexity index is 921. The lowest BCUT2D eigenvalue weighted by Gasteiger charge is -2.33. The molecule has 1 N–H and O–H groups in total. The first-order valence-electron chi connectivity index (χ1n) is 8.59. The molecule has 1 aromatic heterocycles. The fourth-order valence-electron chi connectivity index (χ4n) is 3.34. The van der Waals surface area contributed by atoms with Gasteiger partial charge in [0.25, 0.3) is 5.91 Å². The van der Waals surface area contributed by atoms with E-state index in [1.165, 1.54) is 6.07 Å². The highest BCUT2D eigenvalue weighted by Crippen LogP contribution is 2.23. The summed E-state index contributed by atoms with van der Waals surface area (Å²) in [6, 6.07) is 12.9. The molecule has 4 rings (SSSR count). The van der Waals surface area contributed by atoms with E-state index in [0.29, 0.717) is 30.1 Å². The van der Waals surface area contributed by atoms with Gasteiger partial charge in [-0.1, -0.05) is 18.2 Å². The number of nitrogens with one attached hydrogen (secondary N) is 1. The summed E-state index contributed by atoms with van der Waals surface area (Å²) in [5.41, 5.74) is 1.19. The van der Waals surface area contributed by atoms with Crippen LogP contribution in [0.3, 0.4) is 0 Å². The molecule has 0 spiro atoms. The topological polar surface area (TPSA) is 45.5 Å². The van der Waals surface area contributed by atoms with E-state index in [2.05, 4.69) is 5.32 Å². The number of hydrogen-bond acceptors (Lipinski definition) is 3. The Morgan fingerprint density at radius 3 is 2.77 bits per heavy atom. The van der Waals surface area contributed by atoms with Crippen molar-refractivity contribution < 1.29 is 18.0 Å². The first-order chi connectivity index (χ1) is 12.6. The van der Waals surface area contributed by atoms with Crippen molar-refractivity contribution in [2.45, 2.75) is 18.9 Å². The zero-order valence-corrected chi connectivity index (χ0v) is 14.0. The Morgan fingerprint density at radius 1 is 1.12 bits per heavy atom. The van der Waals surface area contributed by atoms with Crippen LogP contribution in [-0.2, 0) is 0 Å². The molecule has 134 valence electrons. The first kappa shape index (κ1) is 16.6. The summed E-state index contributed by atoms with van der Waals surface area (Å²) in [5.74, 6) is -1.60. The third-order valence-corrected chi connectivity index (χ3v) is 4.64. The highest BCUT2D eigenvalue weighted by molar-refractivity contribution is 5.96. The van der Waals surface area contributed by atoms with Gasteiger partial charge in [0, 0.05) is 36.3 Å². The van der Waals surface area contributed by atoms with E-state index in [1.54, 1.807) is 11.0 Å². The highest BCUT2D eigenvalue weighted by Gasteiger charge is 2.26. The smallest absolute Gasteiger partial charge is 0.289 e. The van der Waals surface area contributed by atoms with Gasteiger partial charge in [-0.3, -0.25) is 4.79 Å². The molecule has 0 bridgehead atoms. The monoisotopic (exact) mass is 356 g/mol. The van der Waals surface area contributed by atoms with E-state index in [4.69, 9.17) is 4.42 Å². The minimum atomic E-state index is -0.888. The van der Waals surface area contributed by atoms with Crippen LogP contribution in [0.5, 0.6) is 0 Å². The molecule has 2 aromatic carbocycles. The molecule has 0 unspecified atom stereocenters. The summed E-state index contributed by atoms with van der Waals surface area (Å²) < 4.78 is 32.1. The normalized spacial score (nSPS) is 17.5. The Labute approximate surface area is 149 Å². The number of anilines is 1. The average Bonchev–Trinajstić information content (AvgIpc) is 3.08. The molecule has 3 aromatic rings. The van der Waals surface area contributed by atoms with E-state index >= 15 is 0 Å². The van der Waals surface area contributed by atoms with Crippen molar-refractivity contribution >= 4 is 22.6 Å². The number of furan rings is 1. The second-order valence-corrected chi connectivity index (χ2v) is 6.51. The van der Waals surface area contributed by atoms with Crippen molar-refractivity contribution in [3.05, 3.63) is 65.9 Å². The Balaban J connectivity index is 1.47. The number of nitrogens with zero attached hydrogens (tertiary/aromatic N) is 1. The van der Waals surface area contributed by atoms with Crippen molar-refractivity contribution in [1.29, 1.82) is 0 Å². The summed E-state index contributed by atoms with van der Waals surface area (Å²) in [6.45, 7) is 1.13. The molecule has 0 radical (unpaired) electrons. The minimum absolute atomic E-state index is 0.0260. The van der Waals surface area contributed by atoms with Crippen molar-refractivity contribution in [2.75, 3.05) is 18.4 Å². The van der Waals surface area contributed by atoms with Crippen LogP contribution < -0.4 is 5.32 Å². The number of carbonyl (C=O) groups is 1. The van der Waals surface area contributed by atoms with Crippen LogP contribution in [0.25, 0.3) is 11.0 Å². The fraction of sp³-hybridized carbons (Fsp3) is 0.250. The van der Waals surface area contributed by atoms with Crippen molar-refractivity contribution in [1.82, 2.24) is 4.90 Å². The van der Waals surface area contributed by atoms with Gasteiger partial charge in [0.15, 0.2) is 17.4 Å². The van der Waals surface area contributed by atoms with Gasteiger partial charge in [0.2, 0.25) is 0 Å². The second-order valence-electron chi connectivity index (χ2n) is 6.51. The molecule has 0 aliphatic carbocycles. The van der Waals surface area contributed by atoms with Gasteiger partial charge in [0.05, 0.1) is 0 Å². The maximum atomic E-state index is 13.4. The lowest BCUT2D eigenvalue weighted by molar-refractivity contribution is 0.0685. The van der Waals surface area contributed by atoms with Crippen LogP contribution >= 0.6 is 0 Å². The van der Waals surface area contributed by atoms with Gasteiger partial charge in [-0.05, 0) is 37.1 Å². The number of halogens is 2. The number of rotatable bonds is 3. The Morgan fingerprint density at radius 2 is 1.96 bits per heavy atom. The summed E-state index contributed by atoms with van der Waals surface area (Å²) in [6.07, 6.45) is 1.68. The van der Waals surface area contributed by atoms with E-state index in [9.17, 15) is 13.6 Å². The number of piperidine rings is 1. The average molecular weight is 356 g/mol. The fourth-order valence-corrected chi connectivity index (χ4v) is 3.34. The van der Waals surface area contributed by atoms with Gasteiger partial charge >= 0.3 is 0 Å². The van der Waals surface area contributed by atoms with Crippen molar-refractivity contribution in [3.8, 4) is 0 Å². The number of fused-ring (bicyclic) bond motifs is 1. The van der Waals surface area contributed by atoms with Crippen LogP contribution in [0, 0.1) is 11.6 Å². The first-order valence-corrected chi connectivity index (χ1v) is 8.59. The number of carbonyl (C=O) groups excluding carboxylic acids is 1. The zero-order chi connectivity index (χ0) is 18.1. The largest absolute Gasteiger partial charge is 0.451 e. The lowest BCUT2D eigenvalue weighted by atomic mass is 10.0. The highest BCUT2D eigenvalue weighted by atomic mass is 19.2. The molecule has 1 atom stereocenters. The number of likely N-dealkylation sites (tertiary alicyclic amines) is 1. The molecule has 6 heteroatoms. The summed E-state index contributed by atoms with van der Waals surface area (Å²) >= 11 is 0. The number of amides is 1. The minimum Gasteiger partial charge on any atom is -0.451 e. The molecule has 1 aliphatic heterocycles. The third kappa shape index (κ3) is 3.27. The molecule has 1 amide bonds. The number of benzene rings is 2. The zero-order valence-electron chi connectivity index (χ0n) is 14.0. The summed E-state index contributed by atoms with van der Waals surface area (Å²) in [4.78, 5) is 14.5. The summed E-state index contributed by atoms with van der Waals surface area (Å²) in [5, 5.41) is 4.07. The van der Waals surface area contributed by atoms with Gasteiger partial charge in [-0.15, -0.1) is 0 Å². The molecule has 1 fully saturated rings. The number of hydrogen-bond donors (Lipinski definition) is 1. The lowest BCUT2D eigenvalue weighted by Crippen LogP contribution is -2.45. The predicted molar refractivity (Wildman–Crippen MR) is 95.1 cm³/mol. The summed E-state index contributed by atoms with van der Waals surface area (Å²) in [7, 11) is 0. The van der Waals surface area contributed by atoms with Crippen LogP contribution in [0.4, 0.5) is 14.5 Å². The van der Waals surface area contributed by atoms with Crippen molar-refractivity contribution in [3.63, 3.8) is 0 Å². The van der Waals surface area contributed by atoms with Gasteiger partial charge < -0.3 is 14.6 Å². The van der Waals surface area contributed by atoms with E-state index in [0.717, 1.165) is 30.4 Å². The molecular weight excluding hydrogens is 338 g/mol. The van der Waals surface area contributed by atoms with E-state index < -0.39 is 11.6 Å². The SMILES string of the molecule is O=C(c1cc2ccccc2o1)N1CCC[C@@H](Nc2ccc(F)c(F)c2)C1. The van der Waals surface area contributed by atoms with Crippen LogP contribution in [-0.4, -0.2) is 29.9 Å². The molecule has 26 heavy (non-hydrogen) atoms. The van der Waals surface area contributed by atoms with E-state index in [1.807, 2.05) is 24.3 Å². The van der Waals surface area contributed by atoms with Crippen LogP contribution in [0.2, 0.25) is 0 Å². The van der Waals surface area contributed by atoms with Crippen molar-refractivity contribution in [2.24, 2.45) is 0 Å². The molecular formula is C20H18F2N2O2. The Kier molecular flexibility index (Phi) is 4.32. The standard InChI is InChI=1S/C20H18F2N2O2/c21-16-8-7-14(11-17(16)22)23-15-5-3-9-24(12-15)20(25)19-10-13-4-1-2-6-18(13)26-19/h1-2,4,6-8,10-11,15,23H,3,5,9,12H2/t15-/m1/s1. The maximum absolute atomic E-state index is 13.4. The van der Waals surface area contributed by atoms with Gasteiger partial charge in [-0.25, -0.2) is 8.78 Å². The predicted octanol–water partition coefficient (Wildman–Crippen LogP) is 4.43. The van der Waals surface area contributed by atoms with E-state index in [-0.39, 0.29) is 11.9 Å². The molecule has 2 heterocycles. The quantitative estimate of drug-likeness (QED) is 0.755. The molecule has 0 saturated carbocycles. The van der Waals surface area contributed by atoms with Gasteiger partial charge in [0.1, 0.15) is 5.58 Å². The second kappa shape index (κ2) is 6.78. The maximum Gasteiger partial charge on any atom is 0.289 e. The third-order valence-electron chi connectivity index (χ3n) is 4.64. The molecule has 1 aliphatic rings. The van der Waals surface area contributed by atoms with Crippen LogP contribution in [0.15, 0.2) is 52.9 Å². The van der Waals surface area contributed by atoms with Crippen LogP contribution in [0.1, 0.15) is 23.4 Å². The molecule has 1 saturated heterocycles. The Hall–Kier alpha value is -2.89.